The van der Waals surface area contributed by atoms with E-state index in [0.717, 1.165) is 102 Å². The highest BCUT2D eigenvalue weighted by atomic mass is 31.2. The number of aliphatic hydroxyl groups excluding tert-OH is 1. The van der Waals surface area contributed by atoms with Crippen LogP contribution >= 0.6 is 15.6 Å². The molecule has 0 aliphatic rings. The zero-order valence-electron chi connectivity index (χ0n) is 60.6. The molecule has 0 bridgehead atoms. The lowest BCUT2D eigenvalue weighted by atomic mass is 9.99. The summed E-state index contributed by atoms with van der Waals surface area (Å²) >= 11 is 0. The molecule has 0 amide bonds. The molecular weight excluding hydrogens is 1220 g/mol. The van der Waals surface area contributed by atoms with Crippen molar-refractivity contribution in [3.63, 3.8) is 0 Å². The van der Waals surface area contributed by atoms with Crippen LogP contribution in [0.1, 0.15) is 382 Å². The summed E-state index contributed by atoms with van der Waals surface area (Å²) in [5, 5.41) is 10.6. The van der Waals surface area contributed by atoms with Crippen LogP contribution in [0.5, 0.6) is 0 Å². The molecule has 0 heterocycles. The molecule has 0 spiro atoms. The average molecular weight is 1370 g/mol. The number of esters is 4. The number of carbonyl (C=O) groups is 4. The summed E-state index contributed by atoms with van der Waals surface area (Å²) < 4.78 is 68.4. The second-order valence-electron chi connectivity index (χ2n) is 27.4. The van der Waals surface area contributed by atoms with Crippen LogP contribution in [0.4, 0.5) is 0 Å². The number of ether oxygens (including phenoxy) is 4. The van der Waals surface area contributed by atoms with Gasteiger partial charge in [-0.25, -0.2) is 9.13 Å². The highest BCUT2D eigenvalue weighted by Gasteiger charge is 2.30. The van der Waals surface area contributed by atoms with Gasteiger partial charge in [-0.1, -0.05) is 330 Å². The second kappa shape index (κ2) is 66.0. The largest absolute Gasteiger partial charge is 0.472 e. The standard InChI is InChI=1S/C74H144O17P2/c1-7-10-12-14-16-18-19-20-21-25-28-32-39-45-51-57-72(77)85-63-69(90-73(78)58-52-46-40-33-29-26-23-22-24-27-31-36-42-48-54-66(4)5)64-88-92(80,81)86-60-68(75)61-87-93(82,83)89-65-70(62-84-71(76)56-50-44-38-30-17-15-13-11-8-2)91-74(79)59-53-47-41-35-34-37-43-49-55-67(6)9-3/h66-70,75H,7-65H2,1-6H3,(H,80,81)(H,82,83)/t67?,68-,69-,70-/m1/s1. The van der Waals surface area contributed by atoms with E-state index in [-0.39, 0.29) is 25.7 Å². The molecule has 0 aromatic heterocycles. The Bertz CT molecular complexity index is 1810. The molecule has 3 N–H and O–H groups in total. The van der Waals surface area contributed by atoms with Crippen molar-refractivity contribution in [1.82, 2.24) is 0 Å². The summed E-state index contributed by atoms with van der Waals surface area (Å²) in [7, 11) is -9.91. The van der Waals surface area contributed by atoms with Crippen LogP contribution in [0.15, 0.2) is 0 Å². The summed E-state index contributed by atoms with van der Waals surface area (Å²) in [6.45, 7) is 9.59. The molecule has 0 saturated carbocycles. The Labute approximate surface area is 568 Å². The molecule has 17 nitrogen and oxygen atoms in total. The molecule has 0 rings (SSSR count). The number of hydrogen-bond acceptors (Lipinski definition) is 15. The predicted octanol–water partition coefficient (Wildman–Crippen LogP) is 21.6. The molecule has 552 valence electrons. The average Bonchev–Trinajstić information content (AvgIpc) is 1.75. The van der Waals surface area contributed by atoms with Crippen LogP contribution in [0, 0.1) is 11.8 Å². The number of phosphoric ester groups is 2. The molecule has 3 unspecified atom stereocenters. The Hall–Kier alpha value is -1.94. The minimum Gasteiger partial charge on any atom is -0.462 e. The van der Waals surface area contributed by atoms with Crippen molar-refractivity contribution in [3.05, 3.63) is 0 Å². The van der Waals surface area contributed by atoms with Crippen LogP contribution in [0.25, 0.3) is 0 Å². The monoisotopic (exact) mass is 1370 g/mol. The number of carbonyl (C=O) groups excluding carboxylic acids is 4. The zero-order valence-corrected chi connectivity index (χ0v) is 62.3. The van der Waals surface area contributed by atoms with Gasteiger partial charge in [-0.3, -0.25) is 37.3 Å². The van der Waals surface area contributed by atoms with Crippen LogP contribution in [0.3, 0.4) is 0 Å². The maximum atomic E-state index is 13.1. The van der Waals surface area contributed by atoms with Gasteiger partial charge in [0.25, 0.3) is 0 Å². The summed E-state index contributed by atoms with van der Waals surface area (Å²) in [5.74, 6) is -0.554. The van der Waals surface area contributed by atoms with Gasteiger partial charge in [0.05, 0.1) is 26.4 Å². The van der Waals surface area contributed by atoms with Gasteiger partial charge in [0.1, 0.15) is 19.3 Å². The Balaban J connectivity index is 5.24. The van der Waals surface area contributed by atoms with E-state index in [1.54, 1.807) is 0 Å². The lowest BCUT2D eigenvalue weighted by molar-refractivity contribution is -0.161. The van der Waals surface area contributed by atoms with E-state index in [4.69, 9.17) is 37.0 Å². The lowest BCUT2D eigenvalue weighted by Crippen LogP contribution is -2.30. The molecule has 0 aromatic rings. The van der Waals surface area contributed by atoms with Crippen molar-refractivity contribution in [2.45, 2.75) is 400 Å². The Morgan fingerprint density at radius 1 is 0.312 bits per heavy atom. The zero-order chi connectivity index (χ0) is 68.6. The predicted molar refractivity (Wildman–Crippen MR) is 377 cm³/mol. The van der Waals surface area contributed by atoms with Gasteiger partial charge in [0, 0.05) is 25.7 Å². The topological polar surface area (TPSA) is 237 Å². The number of aliphatic hydroxyl groups is 1. The first kappa shape index (κ1) is 91.1. The highest BCUT2D eigenvalue weighted by molar-refractivity contribution is 7.47. The molecule has 6 atom stereocenters. The molecule has 0 aliphatic carbocycles. The minimum absolute atomic E-state index is 0.105. The van der Waals surface area contributed by atoms with Crippen molar-refractivity contribution in [1.29, 1.82) is 0 Å². The van der Waals surface area contributed by atoms with Gasteiger partial charge in [0.2, 0.25) is 0 Å². The Morgan fingerprint density at radius 3 is 0.817 bits per heavy atom. The SMILES string of the molecule is CCCCCCCCCCCCCCCCCC(=O)OC[C@H](COP(=O)(O)OC[C@@H](O)COP(=O)(O)OC[C@@H](COC(=O)CCCCCCCCCCC)OC(=O)CCCCCCCCCCC(C)CC)OC(=O)CCCCCCCCCCCCCCCCC(C)C. The molecule has 0 saturated heterocycles. The highest BCUT2D eigenvalue weighted by Crippen LogP contribution is 2.45. The van der Waals surface area contributed by atoms with E-state index < -0.39 is 97.5 Å². The molecule has 0 radical (unpaired) electrons. The van der Waals surface area contributed by atoms with Crippen LogP contribution in [-0.2, 0) is 65.4 Å². The molecule has 0 aromatic carbocycles. The summed E-state index contributed by atoms with van der Waals surface area (Å²) in [6, 6.07) is 0. The van der Waals surface area contributed by atoms with E-state index in [1.807, 2.05) is 0 Å². The number of rotatable bonds is 73. The third-order valence-electron chi connectivity index (χ3n) is 17.6. The smallest absolute Gasteiger partial charge is 0.462 e. The van der Waals surface area contributed by atoms with Gasteiger partial charge in [-0.05, 0) is 37.5 Å². The van der Waals surface area contributed by atoms with Gasteiger partial charge in [0.15, 0.2) is 12.2 Å². The van der Waals surface area contributed by atoms with E-state index in [9.17, 15) is 43.2 Å². The molecule has 19 heteroatoms. The number of phosphoric acid groups is 2. The third kappa shape index (κ3) is 67.0. The van der Waals surface area contributed by atoms with Crippen LogP contribution < -0.4 is 0 Å². The molecular formula is C74H144O17P2. The lowest BCUT2D eigenvalue weighted by Gasteiger charge is -2.21. The number of hydrogen-bond donors (Lipinski definition) is 3. The summed E-state index contributed by atoms with van der Waals surface area (Å²) in [6.07, 6.45) is 52.6. The fraction of sp³-hybridized carbons (Fsp3) is 0.946. The Kier molecular flexibility index (Phi) is 64.6. The van der Waals surface area contributed by atoms with Gasteiger partial charge < -0.3 is 33.8 Å². The van der Waals surface area contributed by atoms with Crippen molar-refractivity contribution in [2.24, 2.45) is 11.8 Å². The van der Waals surface area contributed by atoms with Gasteiger partial charge in [-0.15, -0.1) is 0 Å². The minimum atomic E-state index is -4.96. The van der Waals surface area contributed by atoms with E-state index >= 15 is 0 Å². The van der Waals surface area contributed by atoms with Gasteiger partial charge >= 0.3 is 39.5 Å². The van der Waals surface area contributed by atoms with E-state index in [0.29, 0.717) is 25.7 Å². The van der Waals surface area contributed by atoms with Crippen molar-refractivity contribution in [2.75, 3.05) is 39.6 Å². The van der Waals surface area contributed by atoms with Crippen molar-refractivity contribution < 1.29 is 80.2 Å². The summed E-state index contributed by atoms with van der Waals surface area (Å²) in [4.78, 5) is 72.7. The maximum absolute atomic E-state index is 13.1. The first-order chi connectivity index (χ1) is 44.9. The first-order valence-corrected chi connectivity index (χ1v) is 41.5. The van der Waals surface area contributed by atoms with Crippen LogP contribution in [-0.4, -0.2) is 96.7 Å². The van der Waals surface area contributed by atoms with E-state index in [2.05, 4.69) is 41.5 Å². The molecule has 93 heavy (non-hydrogen) atoms. The summed E-state index contributed by atoms with van der Waals surface area (Å²) in [5.41, 5.74) is 0. The fourth-order valence-corrected chi connectivity index (χ4v) is 12.8. The Morgan fingerprint density at radius 2 is 0.548 bits per heavy atom. The van der Waals surface area contributed by atoms with Crippen molar-refractivity contribution >= 4 is 39.5 Å². The second-order valence-corrected chi connectivity index (χ2v) is 30.3. The first-order valence-electron chi connectivity index (χ1n) is 38.5. The third-order valence-corrected chi connectivity index (χ3v) is 19.5. The quantitative estimate of drug-likeness (QED) is 0.0222. The van der Waals surface area contributed by atoms with E-state index in [1.165, 1.54) is 199 Å². The normalized spacial score (nSPS) is 14.3. The molecule has 0 aliphatic heterocycles. The maximum Gasteiger partial charge on any atom is 0.472 e. The fourth-order valence-electron chi connectivity index (χ4n) is 11.3. The van der Waals surface area contributed by atoms with Crippen molar-refractivity contribution in [3.8, 4) is 0 Å². The number of unbranched alkanes of at least 4 members (excludes halogenated alkanes) is 42. The van der Waals surface area contributed by atoms with Crippen LogP contribution in [0.2, 0.25) is 0 Å². The molecule has 0 fully saturated rings. The van der Waals surface area contributed by atoms with Gasteiger partial charge in [-0.2, -0.15) is 0 Å².